The zero-order valence-electron chi connectivity index (χ0n) is 14.2. The van der Waals surface area contributed by atoms with E-state index in [1.54, 1.807) is 18.6 Å². The molecule has 25 heavy (non-hydrogen) atoms. The van der Waals surface area contributed by atoms with E-state index in [9.17, 15) is 4.79 Å². The van der Waals surface area contributed by atoms with Gasteiger partial charge in [-0.1, -0.05) is 36.0 Å². The second-order valence-electron chi connectivity index (χ2n) is 5.76. The van der Waals surface area contributed by atoms with Crippen molar-refractivity contribution < 1.29 is 4.79 Å². The van der Waals surface area contributed by atoms with Crippen molar-refractivity contribution in [1.82, 2.24) is 19.9 Å². The lowest BCUT2D eigenvalue weighted by molar-refractivity contribution is -0.119. The number of imidazole rings is 1. The minimum absolute atomic E-state index is 0.00119. The van der Waals surface area contributed by atoms with Gasteiger partial charge in [-0.25, -0.2) is 4.98 Å². The Labute approximate surface area is 151 Å². The first-order valence-electron chi connectivity index (χ1n) is 8.03. The fourth-order valence-corrected chi connectivity index (χ4v) is 3.24. The Balaban J connectivity index is 1.56. The number of amides is 1. The topological polar surface area (TPSA) is 59.8 Å². The number of pyridine rings is 1. The molecule has 0 bridgehead atoms. The molecule has 0 aliphatic carbocycles. The highest BCUT2D eigenvalue weighted by Gasteiger charge is 2.11. The second-order valence-corrected chi connectivity index (χ2v) is 6.70. The van der Waals surface area contributed by atoms with Crippen LogP contribution in [-0.4, -0.2) is 26.2 Å². The van der Waals surface area contributed by atoms with E-state index in [2.05, 4.69) is 27.4 Å². The van der Waals surface area contributed by atoms with Gasteiger partial charge in [-0.05, 0) is 35.7 Å². The van der Waals surface area contributed by atoms with E-state index in [1.807, 2.05) is 49.0 Å². The molecule has 0 saturated carbocycles. The summed E-state index contributed by atoms with van der Waals surface area (Å²) in [5, 5.41) is 3.87. The lowest BCUT2D eigenvalue weighted by atomic mass is 10.0. The van der Waals surface area contributed by atoms with Crippen molar-refractivity contribution in [3.8, 4) is 11.1 Å². The Kier molecular flexibility index (Phi) is 5.50. The van der Waals surface area contributed by atoms with Crippen molar-refractivity contribution in [2.24, 2.45) is 7.05 Å². The minimum atomic E-state index is -0.0408. The maximum absolute atomic E-state index is 12.1. The Morgan fingerprint density at radius 2 is 1.80 bits per heavy atom. The van der Waals surface area contributed by atoms with E-state index in [0.29, 0.717) is 5.75 Å². The molecule has 0 aliphatic rings. The Bertz CT molecular complexity index is 830. The number of nitrogens with zero attached hydrogens (tertiary/aromatic N) is 3. The van der Waals surface area contributed by atoms with Crippen LogP contribution in [0.1, 0.15) is 18.5 Å². The molecule has 1 unspecified atom stereocenters. The van der Waals surface area contributed by atoms with Gasteiger partial charge < -0.3 is 9.88 Å². The van der Waals surface area contributed by atoms with Gasteiger partial charge >= 0.3 is 0 Å². The molecule has 1 aromatic carbocycles. The maximum atomic E-state index is 12.1. The van der Waals surface area contributed by atoms with Crippen LogP contribution in [0, 0.1) is 0 Å². The summed E-state index contributed by atoms with van der Waals surface area (Å²) in [6.07, 6.45) is 7.16. The van der Waals surface area contributed by atoms with Crippen molar-refractivity contribution in [3.63, 3.8) is 0 Å². The molecular weight excluding hydrogens is 332 g/mol. The molecule has 2 heterocycles. The van der Waals surface area contributed by atoms with Gasteiger partial charge in [0, 0.05) is 31.8 Å². The van der Waals surface area contributed by atoms with Gasteiger partial charge in [0.25, 0.3) is 0 Å². The van der Waals surface area contributed by atoms with Crippen molar-refractivity contribution in [3.05, 3.63) is 66.7 Å². The monoisotopic (exact) mass is 352 g/mol. The van der Waals surface area contributed by atoms with Gasteiger partial charge in [0.1, 0.15) is 0 Å². The average Bonchev–Trinajstić information content (AvgIpc) is 3.06. The number of carbonyl (C=O) groups is 1. The third kappa shape index (κ3) is 4.48. The summed E-state index contributed by atoms with van der Waals surface area (Å²) in [7, 11) is 1.92. The lowest BCUT2D eigenvalue weighted by Crippen LogP contribution is -2.28. The zero-order valence-corrected chi connectivity index (χ0v) is 15.0. The van der Waals surface area contributed by atoms with Crippen LogP contribution in [0.25, 0.3) is 11.1 Å². The van der Waals surface area contributed by atoms with Crippen molar-refractivity contribution in [1.29, 1.82) is 0 Å². The van der Waals surface area contributed by atoms with Crippen molar-refractivity contribution in [2.45, 2.75) is 18.1 Å². The van der Waals surface area contributed by atoms with E-state index >= 15 is 0 Å². The molecule has 6 heteroatoms. The van der Waals surface area contributed by atoms with Gasteiger partial charge in [-0.3, -0.25) is 9.78 Å². The molecule has 0 spiro atoms. The van der Waals surface area contributed by atoms with Crippen LogP contribution in [0.2, 0.25) is 0 Å². The summed E-state index contributed by atoms with van der Waals surface area (Å²) in [6.45, 7) is 1.99. The standard InChI is InChI=1S/C19H20N4OS/c1-14(22-18(24)13-25-19-21-11-12-23(19)2)15-3-5-16(6-4-15)17-7-9-20-10-8-17/h3-12,14H,13H2,1-2H3,(H,22,24). The van der Waals surface area contributed by atoms with Crippen LogP contribution in [-0.2, 0) is 11.8 Å². The van der Waals surface area contributed by atoms with Gasteiger partial charge in [-0.15, -0.1) is 0 Å². The van der Waals surface area contributed by atoms with Crippen LogP contribution < -0.4 is 5.32 Å². The van der Waals surface area contributed by atoms with E-state index in [4.69, 9.17) is 0 Å². The van der Waals surface area contributed by atoms with Crippen LogP contribution in [0.4, 0.5) is 0 Å². The maximum Gasteiger partial charge on any atom is 0.230 e. The largest absolute Gasteiger partial charge is 0.349 e. The molecule has 3 aromatic rings. The smallest absolute Gasteiger partial charge is 0.230 e. The van der Waals surface area contributed by atoms with Crippen molar-refractivity contribution in [2.75, 3.05) is 5.75 Å². The molecule has 0 saturated heterocycles. The van der Waals surface area contributed by atoms with E-state index in [1.165, 1.54) is 11.8 Å². The fourth-order valence-electron chi connectivity index (χ4n) is 2.50. The van der Waals surface area contributed by atoms with Gasteiger partial charge in [0.2, 0.25) is 5.91 Å². The third-order valence-electron chi connectivity index (χ3n) is 3.91. The highest BCUT2D eigenvalue weighted by atomic mass is 32.2. The SMILES string of the molecule is CC(NC(=O)CSc1nccn1C)c1ccc(-c2ccncc2)cc1. The zero-order chi connectivity index (χ0) is 17.6. The first-order valence-corrected chi connectivity index (χ1v) is 9.02. The molecule has 5 nitrogen and oxygen atoms in total. The molecule has 2 aromatic heterocycles. The van der Waals surface area contributed by atoms with Gasteiger partial charge in [0.05, 0.1) is 11.8 Å². The number of carbonyl (C=O) groups excluding carboxylic acids is 1. The van der Waals surface area contributed by atoms with Crippen LogP contribution >= 0.6 is 11.8 Å². The molecule has 1 atom stereocenters. The molecule has 0 fully saturated rings. The van der Waals surface area contributed by atoms with Crippen LogP contribution in [0.5, 0.6) is 0 Å². The highest BCUT2D eigenvalue weighted by molar-refractivity contribution is 7.99. The number of nitrogens with one attached hydrogen (secondary N) is 1. The van der Waals surface area contributed by atoms with E-state index in [0.717, 1.165) is 21.8 Å². The van der Waals surface area contributed by atoms with Crippen molar-refractivity contribution >= 4 is 17.7 Å². The summed E-state index contributed by atoms with van der Waals surface area (Å²) < 4.78 is 1.90. The number of hydrogen-bond acceptors (Lipinski definition) is 4. The Morgan fingerprint density at radius 1 is 1.12 bits per heavy atom. The number of rotatable bonds is 6. The molecular formula is C19H20N4OS. The number of aromatic nitrogens is 3. The van der Waals surface area contributed by atoms with Crippen LogP contribution in [0.3, 0.4) is 0 Å². The Morgan fingerprint density at radius 3 is 2.44 bits per heavy atom. The first kappa shape index (κ1) is 17.2. The summed E-state index contributed by atoms with van der Waals surface area (Å²) >= 11 is 1.43. The van der Waals surface area contributed by atoms with Crippen LogP contribution in [0.15, 0.2) is 66.3 Å². The number of aryl methyl sites for hydroxylation is 1. The van der Waals surface area contributed by atoms with Gasteiger partial charge in [0.15, 0.2) is 5.16 Å². The predicted octanol–water partition coefficient (Wildman–Crippen LogP) is 3.45. The molecule has 1 N–H and O–H groups in total. The first-order chi connectivity index (χ1) is 12.1. The molecule has 3 rings (SSSR count). The Hall–Kier alpha value is -2.60. The lowest BCUT2D eigenvalue weighted by Gasteiger charge is -2.15. The fraction of sp³-hybridized carbons (Fsp3) is 0.211. The molecule has 128 valence electrons. The molecule has 0 radical (unpaired) electrons. The third-order valence-corrected chi connectivity index (χ3v) is 4.97. The summed E-state index contributed by atoms with van der Waals surface area (Å²) in [5.74, 6) is 0.350. The average molecular weight is 352 g/mol. The quantitative estimate of drug-likeness (QED) is 0.690. The normalized spacial score (nSPS) is 11.9. The summed E-state index contributed by atoms with van der Waals surface area (Å²) in [4.78, 5) is 20.4. The number of thioether (sulfide) groups is 1. The van der Waals surface area contributed by atoms with Gasteiger partial charge in [-0.2, -0.15) is 0 Å². The number of hydrogen-bond donors (Lipinski definition) is 1. The summed E-state index contributed by atoms with van der Waals surface area (Å²) in [6, 6.07) is 12.1. The predicted molar refractivity (Wildman–Crippen MR) is 100 cm³/mol. The second kappa shape index (κ2) is 7.98. The highest BCUT2D eigenvalue weighted by Crippen LogP contribution is 2.21. The minimum Gasteiger partial charge on any atom is -0.349 e. The van der Waals surface area contributed by atoms with E-state index < -0.39 is 0 Å². The van der Waals surface area contributed by atoms with E-state index in [-0.39, 0.29) is 11.9 Å². The molecule has 1 amide bonds. The molecule has 0 aliphatic heterocycles. The summed E-state index contributed by atoms with van der Waals surface area (Å²) in [5.41, 5.74) is 3.34. The number of benzene rings is 1.